The molecule has 0 spiro atoms. The van der Waals surface area contributed by atoms with E-state index < -0.39 is 23.4 Å². The molecule has 6 nitrogen and oxygen atoms in total. The molecule has 0 fully saturated rings. The van der Waals surface area contributed by atoms with Gasteiger partial charge in [-0.25, -0.2) is 4.79 Å². The standard InChI is InChI=1S/C7H7NO5S/c1-3-5(6(11)12)14-7(13)8(3)2-4(9)10/h2H2,1H3,(H,9,10)(H,11,12). The molecule has 0 aromatic carbocycles. The topological polar surface area (TPSA) is 96.6 Å². The summed E-state index contributed by atoms with van der Waals surface area (Å²) < 4.78 is 0.927. The van der Waals surface area contributed by atoms with Gasteiger partial charge in [-0.3, -0.25) is 14.2 Å². The molecule has 14 heavy (non-hydrogen) atoms. The Kier molecular flexibility index (Phi) is 2.70. The van der Waals surface area contributed by atoms with Crippen molar-refractivity contribution in [2.24, 2.45) is 0 Å². The lowest BCUT2D eigenvalue weighted by atomic mass is 10.4. The second-order valence-corrected chi connectivity index (χ2v) is 3.53. The fraction of sp³-hybridized carbons (Fsp3) is 0.286. The number of aliphatic carboxylic acids is 1. The van der Waals surface area contributed by atoms with E-state index in [4.69, 9.17) is 10.2 Å². The molecule has 0 aliphatic carbocycles. The Morgan fingerprint density at radius 2 is 2.00 bits per heavy atom. The third-order valence-electron chi connectivity index (χ3n) is 1.63. The minimum atomic E-state index is -1.21. The fourth-order valence-corrected chi connectivity index (χ4v) is 1.82. The maximum absolute atomic E-state index is 11.2. The van der Waals surface area contributed by atoms with Crippen molar-refractivity contribution < 1.29 is 19.8 Å². The van der Waals surface area contributed by atoms with Crippen LogP contribution in [0.25, 0.3) is 0 Å². The van der Waals surface area contributed by atoms with Gasteiger partial charge in [-0.2, -0.15) is 0 Å². The van der Waals surface area contributed by atoms with Crippen LogP contribution in [0, 0.1) is 6.92 Å². The van der Waals surface area contributed by atoms with Crippen molar-refractivity contribution >= 4 is 23.3 Å². The average molecular weight is 217 g/mol. The summed E-state index contributed by atoms with van der Waals surface area (Å²) >= 11 is 0.536. The Morgan fingerprint density at radius 1 is 1.43 bits per heavy atom. The molecule has 1 aromatic rings. The van der Waals surface area contributed by atoms with Crippen LogP contribution < -0.4 is 4.87 Å². The molecule has 0 unspecified atom stereocenters. The van der Waals surface area contributed by atoms with Crippen molar-refractivity contribution in [2.45, 2.75) is 13.5 Å². The SMILES string of the molecule is Cc1c(C(=O)O)sc(=O)n1CC(=O)O. The number of hydrogen-bond donors (Lipinski definition) is 2. The van der Waals surface area contributed by atoms with Gasteiger partial charge in [0.2, 0.25) is 0 Å². The third-order valence-corrected chi connectivity index (χ3v) is 2.70. The van der Waals surface area contributed by atoms with Gasteiger partial charge >= 0.3 is 16.8 Å². The molecule has 76 valence electrons. The molecule has 1 aromatic heterocycles. The smallest absolute Gasteiger partial charge is 0.347 e. The van der Waals surface area contributed by atoms with Gasteiger partial charge in [-0.15, -0.1) is 0 Å². The maximum atomic E-state index is 11.2. The first kappa shape index (κ1) is 10.5. The summed E-state index contributed by atoms with van der Waals surface area (Å²) in [5.74, 6) is -2.39. The number of hydrogen-bond acceptors (Lipinski definition) is 4. The maximum Gasteiger partial charge on any atom is 0.347 e. The molecule has 0 saturated heterocycles. The quantitative estimate of drug-likeness (QED) is 0.742. The summed E-state index contributed by atoms with van der Waals surface area (Å²) in [6, 6.07) is 0. The molecule has 7 heteroatoms. The zero-order chi connectivity index (χ0) is 10.9. The number of nitrogens with zero attached hydrogens (tertiary/aromatic N) is 1. The van der Waals surface area contributed by atoms with Gasteiger partial charge < -0.3 is 10.2 Å². The summed E-state index contributed by atoms with van der Waals surface area (Å²) in [6.07, 6.45) is 0. The number of carboxylic acids is 2. The van der Waals surface area contributed by atoms with Gasteiger partial charge in [-0.05, 0) is 6.92 Å². The highest BCUT2D eigenvalue weighted by molar-refractivity contribution is 7.11. The molecule has 0 amide bonds. The lowest BCUT2D eigenvalue weighted by Gasteiger charge is -1.99. The largest absolute Gasteiger partial charge is 0.480 e. The van der Waals surface area contributed by atoms with Crippen LogP contribution in [-0.4, -0.2) is 26.7 Å². The van der Waals surface area contributed by atoms with Crippen molar-refractivity contribution in [1.82, 2.24) is 4.57 Å². The zero-order valence-electron chi connectivity index (χ0n) is 7.18. The van der Waals surface area contributed by atoms with Crippen molar-refractivity contribution in [3.63, 3.8) is 0 Å². The van der Waals surface area contributed by atoms with Crippen molar-refractivity contribution in [3.8, 4) is 0 Å². The van der Waals surface area contributed by atoms with E-state index in [1.54, 1.807) is 0 Å². The third kappa shape index (κ3) is 1.82. The van der Waals surface area contributed by atoms with Crippen molar-refractivity contribution in [1.29, 1.82) is 0 Å². The molecule has 1 rings (SSSR count). The van der Waals surface area contributed by atoms with Crippen molar-refractivity contribution in [2.75, 3.05) is 0 Å². The molecular weight excluding hydrogens is 210 g/mol. The van der Waals surface area contributed by atoms with E-state index in [-0.39, 0.29) is 10.6 Å². The molecule has 0 aliphatic heterocycles. The first-order valence-electron chi connectivity index (χ1n) is 3.58. The molecule has 0 atom stereocenters. The predicted octanol–water partition coefficient (Wildman–Crippen LogP) is 0.00102. The van der Waals surface area contributed by atoms with E-state index in [9.17, 15) is 14.4 Å². The van der Waals surface area contributed by atoms with Crippen LogP contribution in [-0.2, 0) is 11.3 Å². The van der Waals surface area contributed by atoms with Gasteiger partial charge in [0, 0.05) is 5.69 Å². The van der Waals surface area contributed by atoms with E-state index in [0.29, 0.717) is 11.3 Å². The molecule has 1 heterocycles. The van der Waals surface area contributed by atoms with E-state index in [0.717, 1.165) is 4.57 Å². The van der Waals surface area contributed by atoms with Crippen LogP contribution in [0.15, 0.2) is 4.79 Å². The minimum Gasteiger partial charge on any atom is -0.480 e. The average Bonchev–Trinajstić information content (AvgIpc) is 2.31. The Balaban J connectivity index is 3.25. The number of aromatic carboxylic acids is 1. The van der Waals surface area contributed by atoms with Crippen LogP contribution in [0.1, 0.15) is 15.4 Å². The monoisotopic (exact) mass is 217 g/mol. The van der Waals surface area contributed by atoms with Crippen molar-refractivity contribution in [3.05, 3.63) is 20.2 Å². The fourth-order valence-electron chi connectivity index (χ4n) is 0.993. The summed E-state index contributed by atoms with van der Waals surface area (Å²) in [6.45, 7) is 0.902. The van der Waals surface area contributed by atoms with E-state index in [1.165, 1.54) is 6.92 Å². The second kappa shape index (κ2) is 3.62. The normalized spacial score (nSPS) is 10.1. The lowest BCUT2D eigenvalue weighted by Crippen LogP contribution is -2.20. The molecule has 2 N–H and O–H groups in total. The van der Waals surface area contributed by atoms with E-state index >= 15 is 0 Å². The summed E-state index contributed by atoms with van der Waals surface area (Å²) in [5, 5.41) is 17.1. The van der Waals surface area contributed by atoms with Crippen LogP contribution in [0.3, 0.4) is 0 Å². The lowest BCUT2D eigenvalue weighted by molar-refractivity contribution is -0.137. The number of thiazole rings is 1. The molecule has 0 aliphatic rings. The van der Waals surface area contributed by atoms with Gasteiger partial charge in [0.15, 0.2) is 0 Å². The number of aromatic nitrogens is 1. The van der Waals surface area contributed by atoms with Crippen LogP contribution in [0.4, 0.5) is 0 Å². The zero-order valence-corrected chi connectivity index (χ0v) is 8.00. The van der Waals surface area contributed by atoms with Gasteiger partial charge in [0.1, 0.15) is 11.4 Å². The highest BCUT2D eigenvalue weighted by Crippen LogP contribution is 2.10. The molecule has 0 radical (unpaired) electrons. The predicted molar refractivity (Wildman–Crippen MR) is 47.9 cm³/mol. The summed E-state index contributed by atoms with van der Waals surface area (Å²) in [4.78, 5) is 31.4. The van der Waals surface area contributed by atoms with Gasteiger partial charge in [0.25, 0.3) is 0 Å². The van der Waals surface area contributed by atoms with Crippen LogP contribution in [0.2, 0.25) is 0 Å². The number of rotatable bonds is 3. The van der Waals surface area contributed by atoms with E-state index in [2.05, 4.69) is 0 Å². The Morgan fingerprint density at radius 3 is 2.36 bits per heavy atom. The summed E-state index contributed by atoms with van der Waals surface area (Å²) in [5.41, 5.74) is 0.176. The number of carboxylic acid groups (broad SMARTS) is 2. The molecular formula is C7H7NO5S. The van der Waals surface area contributed by atoms with Gasteiger partial charge in [-0.1, -0.05) is 11.3 Å². The molecule has 0 saturated carbocycles. The first-order valence-corrected chi connectivity index (χ1v) is 4.40. The van der Waals surface area contributed by atoms with Gasteiger partial charge in [0.05, 0.1) is 0 Å². The Bertz CT molecular complexity index is 443. The second-order valence-electron chi connectivity index (χ2n) is 2.57. The van der Waals surface area contributed by atoms with Crippen LogP contribution in [0.5, 0.6) is 0 Å². The highest BCUT2D eigenvalue weighted by Gasteiger charge is 2.17. The number of carbonyl (C=O) groups is 2. The Labute approximate surface area is 82.0 Å². The van der Waals surface area contributed by atoms with E-state index in [1.807, 2.05) is 0 Å². The van der Waals surface area contributed by atoms with Crippen LogP contribution >= 0.6 is 11.3 Å². The highest BCUT2D eigenvalue weighted by atomic mass is 32.1. The molecule has 0 bridgehead atoms. The minimum absolute atomic E-state index is 0.115. The first-order chi connectivity index (χ1) is 6.43. The summed E-state index contributed by atoms with van der Waals surface area (Å²) in [7, 11) is 0. The Hall–Kier alpha value is -1.63.